The Morgan fingerprint density at radius 3 is 2.70 bits per heavy atom. The third kappa shape index (κ3) is 4.89. The van der Waals surface area contributed by atoms with Crippen LogP contribution in [-0.4, -0.2) is 23.6 Å². The zero-order valence-corrected chi connectivity index (χ0v) is 15.3. The number of pyridine rings is 1. The maximum atomic E-state index is 12.3. The zero-order chi connectivity index (χ0) is 19.6. The summed E-state index contributed by atoms with van der Waals surface area (Å²) in [7, 11) is 0. The molecule has 0 atom stereocenters. The summed E-state index contributed by atoms with van der Waals surface area (Å²) in [5.41, 5.74) is 3.89. The first kappa shape index (κ1) is 19.4. The Morgan fingerprint density at radius 1 is 1.22 bits per heavy atom. The summed E-state index contributed by atoms with van der Waals surface area (Å²) >= 11 is 6.11. The number of allylic oxidation sites excluding steroid dienone is 2. The fourth-order valence-electron chi connectivity index (χ4n) is 3.06. The molecule has 1 aromatic carbocycles. The van der Waals surface area contributed by atoms with Crippen LogP contribution in [-0.2, 0) is 12.8 Å². The van der Waals surface area contributed by atoms with Crippen LogP contribution in [0, 0.1) is 6.92 Å². The lowest BCUT2D eigenvalue weighted by Crippen LogP contribution is -2.19. The predicted octanol–water partition coefficient (Wildman–Crippen LogP) is 5.28. The molecule has 0 fully saturated rings. The van der Waals surface area contributed by atoms with E-state index in [0.717, 1.165) is 16.7 Å². The Balaban J connectivity index is 1.65. The molecule has 0 saturated carbocycles. The molecule has 0 spiro atoms. The van der Waals surface area contributed by atoms with Crippen molar-refractivity contribution in [2.24, 2.45) is 0 Å². The van der Waals surface area contributed by atoms with Crippen LogP contribution in [0.15, 0.2) is 42.1 Å². The van der Waals surface area contributed by atoms with Crippen LogP contribution in [0.4, 0.5) is 13.2 Å². The molecule has 0 bridgehead atoms. The predicted molar refractivity (Wildman–Crippen MR) is 96.4 cm³/mol. The lowest BCUT2D eigenvalue weighted by Gasteiger charge is -2.17. The van der Waals surface area contributed by atoms with Crippen molar-refractivity contribution in [2.45, 2.75) is 32.4 Å². The monoisotopic (exact) mass is 395 g/mol. The Morgan fingerprint density at radius 2 is 2.00 bits per heavy atom. The molecule has 142 valence electrons. The lowest BCUT2D eigenvalue weighted by atomic mass is 9.89. The van der Waals surface area contributed by atoms with Crippen molar-refractivity contribution >= 4 is 17.4 Å². The number of alkyl halides is 3. The summed E-state index contributed by atoms with van der Waals surface area (Å²) in [6.45, 7) is 0.399. The number of ether oxygens (including phenoxy) is 1. The van der Waals surface area contributed by atoms with Crippen LogP contribution in [0.2, 0.25) is 5.15 Å². The van der Waals surface area contributed by atoms with Crippen LogP contribution in [0.5, 0.6) is 5.75 Å². The number of fused-ring (bicyclic) bond motifs is 1. The molecule has 1 aliphatic rings. The van der Waals surface area contributed by atoms with Crippen LogP contribution in [0.1, 0.15) is 33.5 Å². The van der Waals surface area contributed by atoms with Gasteiger partial charge in [0, 0.05) is 17.3 Å². The second kappa shape index (κ2) is 7.72. The maximum absolute atomic E-state index is 12.3. The van der Waals surface area contributed by atoms with Crippen molar-refractivity contribution < 1.29 is 22.7 Å². The first-order valence-corrected chi connectivity index (χ1v) is 8.77. The Kier molecular flexibility index (Phi) is 5.56. The van der Waals surface area contributed by atoms with Gasteiger partial charge in [-0.2, -0.15) is 13.2 Å². The molecule has 1 aromatic heterocycles. The number of benzene rings is 1. The Bertz CT molecular complexity index is 907. The highest BCUT2D eigenvalue weighted by Crippen LogP contribution is 2.29. The molecule has 3 rings (SSSR count). The molecule has 1 heterocycles. The first-order valence-electron chi connectivity index (χ1n) is 8.39. The summed E-state index contributed by atoms with van der Waals surface area (Å²) in [5, 5.41) is 0.341. The van der Waals surface area contributed by atoms with Crippen LogP contribution in [0.25, 0.3) is 0 Å². The highest BCUT2D eigenvalue weighted by molar-refractivity contribution is 6.31. The quantitative estimate of drug-likeness (QED) is 0.646. The fraction of sp³-hybridized carbons (Fsp3) is 0.300. The molecule has 0 amide bonds. The van der Waals surface area contributed by atoms with Gasteiger partial charge in [-0.3, -0.25) is 4.79 Å². The highest BCUT2D eigenvalue weighted by atomic mass is 35.5. The molecular weight excluding hydrogens is 379 g/mol. The van der Waals surface area contributed by atoms with Gasteiger partial charge in [-0.25, -0.2) is 4.98 Å². The van der Waals surface area contributed by atoms with Gasteiger partial charge in [0.15, 0.2) is 12.4 Å². The average Bonchev–Trinajstić information content (AvgIpc) is 2.59. The minimum absolute atomic E-state index is 0.0809. The summed E-state index contributed by atoms with van der Waals surface area (Å²) < 4.78 is 41.6. The molecule has 2 aromatic rings. The van der Waals surface area contributed by atoms with E-state index in [0.29, 0.717) is 35.5 Å². The van der Waals surface area contributed by atoms with E-state index in [1.54, 1.807) is 37.3 Å². The van der Waals surface area contributed by atoms with Crippen LogP contribution >= 0.6 is 11.6 Å². The second-order valence-electron chi connectivity index (χ2n) is 6.48. The second-order valence-corrected chi connectivity index (χ2v) is 6.83. The average molecular weight is 396 g/mol. The van der Waals surface area contributed by atoms with E-state index in [2.05, 4.69) is 4.98 Å². The number of aryl methyl sites for hydroxylation is 2. The van der Waals surface area contributed by atoms with E-state index in [9.17, 15) is 18.0 Å². The number of carbonyl (C=O) groups excluding carboxylic acids is 1. The molecule has 7 heteroatoms. The van der Waals surface area contributed by atoms with E-state index < -0.39 is 12.8 Å². The van der Waals surface area contributed by atoms with Gasteiger partial charge in [0.05, 0.1) is 0 Å². The third-order valence-electron chi connectivity index (χ3n) is 4.37. The van der Waals surface area contributed by atoms with Crippen molar-refractivity contribution in [1.29, 1.82) is 0 Å². The summed E-state index contributed by atoms with van der Waals surface area (Å²) in [5.74, 6) is 0.137. The minimum atomic E-state index is -4.36. The molecule has 0 aliphatic heterocycles. The minimum Gasteiger partial charge on any atom is -0.484 e. The largest absolute Gasteiger partial charge is 0.484 e. The van der Waals surface area contributed by atoms with Gasteiger partial charge in [-0.05, 0) is 55.5 Å². The summed E-state index contributed by atoms with van der Waals surface area (Å²) in [6.07, 6.45) is 0.664. The van der Waals surface area contributed by atoms with Gasteiger partial charge < -0.3 is 4.74 Å². The smallest absolute Gasteiger partial charge is 0.422 e. The van der Waals surface area contributed by atoms with E-state index in [4.69, 9.17) is 16.3 Å². The molecule has 0 N–H and O–H groups in total. The molecule has 0 saturated heterocycles. The van der Waals surface area contributed by atoms with Gasteiger partial charge in [-0.1, -0.05) is 29.3 Å². The maximum Gasteiger partial charge on any atom is 0.422 e. The number of ketones is 1. The number of rotatable bonds is 5. The number of halogens is 4. The van der Waals surface area contributed by atoms with Gasteiger partial charge in [0.25, 0.3) is 0 Å². The van der Waals surface area contributed by atoms with Crippen molar-refractivity contribution in [1.82, 2.24) is 4.98 Å². The standard InChI is InChI=1S/C20H17ClF3NO2/c1-12-8-13(4-5-18(12)27-11-20(22,23)24)2-3-14-9-16-15(17(26)10-14)6-7-25-19(16)21/h4-8,10H,2-3,9,11H2,1H3. The molecule has 0 unspecified atom stereocenters. The SMILES string of the molecule is Cc1cc(CCC2=CC(=O)c3ccnc(Cl)c3C2)ccc1OCC(F)(F)F. The zero-order valence-electron chi connectivity index (χ0n) is 14.6. The molecule has 3 nitrogen and oxygen atoms in total. The van der Waals surface area contributed by atoms with Crippen LogP contribution in [0.3, 0.4) is 0 Å². The number of carbonyl (C=O) groups is 1. The summed E-state index contributed by atoms with van der Waals surface area (Å²) in [6, 6.07) is 6.76. The van der Waals surface area contributed by atoms with Gasteiger partial charge in [0.2, 0.25) is 0 Å². The van der Waals surface area contributed by atoms with Gasteiger partial charge in [-0.15, -0.1) is 0 Å². The molecule has 1 aliphatic carbocycles. The normalized spacial score (nSPS) is 14.0. The molecule has 0 radical (unpaired) electrons. The number of hydrogen-bond donors (Lipinski definition) is 0. The van der Waals surface area contributed by atoms with E-state index >= 15 is 0 Å². The third-order valence-corrected chi connectivity index (χ3v) is 4.70. The van der Waals surface area contributed by atoms with E-state index in [1.807, 2.05) is 0 Å². The van der Waals surface area contributed by atoms with Crippen molar-refractivity contribution in [3.8, 4) is 5.75 Å². The van der Waals surface area contributed by atoms with Gasteiger partial charge in [0.1, 0.15) is 10.9 Å². The van der Waals surface area contributed by atoms with E-state index in [1.165, 1.54) is 6.20 Å². The Hall–Kier alpha value is -2.34. The topological polar surface area (TPSA) is 39.2 Å². The van der Waals surface area contributed by atoms with Crippen molar-refractivity contribution in [2.75, 3.05) is 6.61 Å². The molecule has 27 heavy (non-hydrogen) atoms. The lowest BCUT2D eigenvalue weighted by molar-refractivity contribution is -0.153. The summed E-state index contributed by atoms with van der Waals surface area (Å²) in [4.78, 5) is 16.3. The Labute approximate surface area is 159 Å². The fourth-order valence-corrected chi connectivity index (χ4v) is 3.29. The highest BCUT2D eigenvalue weighted by Gasteiger charge is 2.28. The van der Waals surface area contributed by atoms with Crippen LogP contribution < -0.4 is 4.74 Å². The van der Waals surface area contributed by atoms with Gasteiger partial charge >= 0.3 is 6.18 Å². The first-order chi connectivity index (χ1) is 12.7. The number of hydrogen-bond acceptors (Lipinski definition) is 3. The number of aromatic nitrogens is 1. The van der Waals surface area contributed by atoms with Crippen molar-refractivity contribution in [3.05, 3.63) is 69.5 Å². The van der Waals surface area contributed by atoms with Crippen molar-refractivity contribution in [3.63, 3.8) is 0 Å². The molecular formula is C20H17ClF3NO2. The van der Waals surface area contributed by atoms with E-state index in [-0.39, 0.29) is 11.5 Å². The number of nitrogens with zero attached hydrogens (tertiary/aromatic N) is 1.